The minimum atomic E-state index is -3.56. The molecule has 0 bridgehead atoms. The van der Waals surface area contributed by atoms with E-state index in [1.165, 1.54) is 4.31 Å². The summed E-state index contributed by atoms with van der Waals surface area (Å²) in [6, 6.07) is 6.88. The number of nitrogens with one attached hydrogen (secondary N) is 1. The van der Waals surface area contributed by atoms with E-state index in [2.05, 4.69) is 6.07 Å². The number of hydrogen-bond donors (Lipinski definition) is 1. The average Bonchev–Trinajstić information content (AvgIpc) is 2.85. The molecule has 24 heavy (non-hydrogen) atoms. The fourth-order valence-corrected chi connectivity index (χ4v) is 4.45. The Balaban J connectivity index is 1.77. The van der Waals surface area contributed by atoms with Crippen LogP contribution in [0.15, 0.2) is 23.1 Å². The van der Waals surface area contributed by atoms with E-state index in [1.807, 2.05) is 6.92 Å². The van der Waals surface area contributed by atoms with Crippen molar-refractivity contribution in [3.8, 4) is 17.6 Å². The van der Waals surface area contributed by atoms with Crippen LogP contribution in [-0.2, 0) is 10.0 Å². The number of piperazine rings is 1. The third-order valence-corrected chi connectivity index (χ3v) is 6.42. The van der Waals surface area contributed by atoms with Crippen molar-refractivity contribution in [1.82, 2.24) is 4.31 Å². The fourth-order valence-electron chi connectivity index (χ4n) is 2.99. The molecule has 0 unspecified atom stereocenters. The van der Waals surface area contributed by atoms with Gasteiger partial charge in [0.2, 0.25) is 10.0 Å². The first-order valence-electron chi connectivity index (χ1n) is 8.16. The highest BCUT2D eigenvalue weighted by molar-refractivity contribution is 7.89. The summed E-state index contributed by atoms with van der Waals surface area (Å²) in [6.45, 7) is 5.06. The summed E-state index contributed by atoms with van der Waals surface area (Å²) in [6.07, 6.45) is 0.776. The molecule has 8 heteroatoms. The minimum Gasteiger partial charge on any atom is -0.490 e. The van der Waals surface area contributed by atoms with Crippen molar-refractivity contribution < 1.29 is 22.8 Å². The maximum Gasteiger partial charge on any atom is 0.243 e. The molecule has 0 amide bonds. The number of benzene rings is 1. The van der Waals surface area contributed by atoms with Crippen LogP contribution in [0.2, 0.25) is 0 Å². The van der Waals surface area contributed by atoms with Gasteiger partial charge in [-0.05, 0) is 12.1 Å². The van der Waals surface area contributed by atoms with E-state index >= 15 is 0 Å². The first-order chi connectivity index (χ1) is 11.5. The molecular formula is C16H22N3O4S+. The number of rotatable bonds is 3. The Morgan fingerprint density at radius 3 is 2.54 bits per heavy atom. The lowest BCUT2D eigenvalue weighted by molar-refractivity contribution is -0.918. The predicted molar refractivity (Wildman–Crippen MR) is 86.6 cm³/mol. The number of ether oxygens (including phenoxy) is 2. The highest BCUT2D eigenvalue weighted by Crippen LogP contribution is 2.32. The number of quaternary nitrogens is 1. The number of nitrogens with zero attached hydrogens (tertiary/aromatic N) is 2. The summed E-state index contributed by atoms with van der Waals surface area (Å²) in [5.74, 6) is 1.07. The smallest absolute Gasteiger partial charge is 0.243 e. The molecule has 0 aromatic heterocycles. The lowest BCUT2D eigenvalue weighted by Gasteiger charge is -2.32. The maximum atomic E-state index is 12.9. The van der Waals surface area contributed by atoms with E-state index < -0.39 is 10.0 Å². The third-order valence-electron chi connectivity index (χ3n) is 4.53. The second-order valence-electron chi connectivity index (χ2n) is 6.07. The first kappa shape index (κ1) is 17.0. The standard InChI is InChI=1S/C16H21N3O4S/c1-13(12-17)18-5-7-19(8-6-18)24(20,21)14-3-4-15-16(11-14)23-10-2-9-22-15/h3-4,11,13H,2,5-10H2,1H3/p+1/t13-/m0/s1. The molecule has 1 aromatic carbocycles. The predicted octanol–water partition coefficient (Wildman–Crippen LogP) is -0.351. The number of sulfonamides is 1. The molecule has 3 rings (SSSR count). The first-order valence-corrected chi connectivity index (χ1v) is 9.60. The number of hydrogen-bond acceptors (Lipinski definition) is 5. The van der Waals surface area contributed by atoms with Crippen LogP contribution in [0.5, 0.6) is 11.5 Å². The van der Waals surface area contributed by atoms with Crippen LogP contribution in [0, 0.1) is 11.3 Å². The second kappa shape index (κ2) is 6.97. The van der Waals surface area contributed by atoms with Crippen molar-refractivity contribution in [2.24, 2.45) is 0 Å². The van der Waals surface area contributed by atoms with Crippen molar-refractivity contribution in [2.45, 2.75) is 24.3 Å². The molecule has 130 valence electrons. The van der Waals surface area contributed by atoms with Crippen LogP contribution in [0.4, 0.5) is 0 Å². The highest BCUT2D eigenvalue weighted by Gasteiger charge is 2.32. The summed E-state index contributed by atoms with van der Waals surface area (Å²) >= 11 is 0. The van der Waals surface area contributed by atoms with Gasteiger partial charge in [-0.2, -0.15) is 9.57 Å². The molecule has 7 nitrogen and oxygen atoms in total. The van der Waals surface area contributed by atoms with Crippen molar-refractivity contribution in [3.05, 3.63) is 18.2 Å². The highest BCUT2D eigenvalue weighted by atomic mass is 32.2. The van der Waals surface area contributed by atoms with Gasteiger partial charge < -0.3 is 14.4 Å². The second-order valence-corrected chi connectivity index (χ2v) is 8.01. The molecule has 1 aromatic rings. The SMILES string of the molecule is C[C@@H](C#N)[NH+]1CCN(S(=O)(=O)c2ccc3c(c2)OCCCO3)CC1. The molecule has 2 heterocycles. The van der Waals surface area contributed by atoms with Gasteiger partial charge >= 0.3 is 0 Å². The normalized spacial score (nSPS) is 20.8. The van der Waals surface area contributed by atoms with Gasteiger partial charge in [-0.25, -0.2) is 8.42 Å². The Bertz CT molecular complexity index is 736. The zero-order chi connectivity index (χ0) is 17.2. The zero-order valence-electron chi connectivity index (χ0n) is 13.7. The van der Waals surface area contributed by atoms with E-state index in [-0.39, 0.29) is 10.9 Å². The molecule has 2 aliphatic heterocycles. The van der Waals surface area contributed by atoms with Crippen molar-refractivity contribution in [2.75, 3.05) is 39.4 Å². The molecule has 0 aliphatic carbocycles. The zero-order valence-corrected chi connectivity index (χ0v) is 14.5. The van der Waals surface area contributed by atoms with Gasteiger partial charge in [-0.1, -0.05) is 0 Å². The maximum absolute atomic E-state index is 12.9. The number of fused-ring (bicyclic) bond motifs is 1. The summed E-state index contributed by atoms with van der Waals surface area (Å²) < 4.78 is 38.3. The van der Waals surface area contributed by atoms with E-state index in [4.69, 9.17) is 14.7 Å². The van der Waals surface area contributed by atoms with Gasteiger partial charge in [0.15, 0.2) is 17.5 Å². The average molecular weight is 352 g/mol. The van der Waals surface area contributed by atoms with Crippen molar-refractivity contribution in [1.29, 1.82) is 5.26 Å². The van der Waals surface area contributed by atoms with E-state index in [0.29, 0.717) is 50.9 Å². The van der Waals surface area contributed by atoms with Gasteiger partial charge in [-0.15, -0.1) is 0 Å². The quantitative estimate of drug-likeness (QED) is 0.804. The molecule has 0 radical (unpaired) electrons. The van der Waals surface area contributed by atoms with E-state index in [1.54, 1.807) is 18.2 Å². The topological polar surface area (TPSA) is 84.1 Å². The van der Waals surface area contributed by atoms with Crippen LogP contribution in [0.3, 0.4) is 0 Å². The van der Waals surface area contributed by atoms with Gasteiger partial charge in [0.05, 0.1) is 44.3 Å². The number of nitriles is 1. The molecule has 0 saturated carbocycles. The molecule has 1 fully saturated rings. The van der Waals surface area contributed by atoms with Crippen LogP contribution < -0.4 is 14.4 Å². The van der Waals surface area contributed by atoms with Crippen molar-refractivity contribution in [3.63, 3.8) is 0 Å². The summed E-state index contributed by atoms with van der Waals surface area (Å²) in [5.41, 5.74) is 0. The minimum absolute atomic E-state index is 0.118. The van der Waals surface area contributed by atoms with Crippen molar-refractivity contribution >= 4 is 10.0 Å². The molecule has 1 saturated heterocycles. The molecule has 0 spiro atoms. The van der Waals surface area contributed by atoms with E-state index in [0.717, 1.165) is 11.3 Å². The Hall–Kier alpha value is -1.82. The Labute approximate surface area is 142 Å². The summed E-state index contributed by atoms with van der Waals surface area (Å²) in [7, 11) is -3.56. The fraction of sp³-hybridized carbons (Fsp3) is 0.562. The molecule has 1 atom stereocenters. The summed E-state index contributed by atoms with van der Waals surface area (Å²) in [5, 5.41) is 9.00. The van der Waals surface area contributed by atoms with Gasteiger partial charge in [0.25, 0.3) is 0 Å². The Kier molecular flexibility index (Phi) is 4.94. The Morgan fingerprint density at radius 2 is 1.88 bits per heavy atom. The van der Waals surface area contributed by atoms with Crippen LogP contribution in [-0.4, -0.2) is 58.2 Å². The van der Waals surface area contributed by atoms with E-state index in [9.17, 15) is 8.42 Å². The van der Waals surface area contributed by atoms with Gasteiger partial charge in [-0.3, -0.25) is 0 Å². The van der Waals surface area contributed by atoms with Crippen LogP contribution >= 0.6 is 0 Å². The largest absolute Gasteiger partial charge is 0.490 e. The monoisotopic (exact) mass is 352 g/mol. The molecule has 2 aliphatic rings. The van der Waals surface area contributed by atoms with Crippen LogP contribution in [0.1, 0.15) is 13.3 Å². The molecular weight excluding hydrogens is 330 g/mol. The van der Waals surface area contributed by atoms with Gasteiger partial charge in [0.1, 0.15) is 6.07 Å². The Morgan fingerprint density at radius 1 is 1.21 bits per heavy atom. The third kappa shape index (κ3) is 3.34. The lowest BCUT2D eigenvalue weighted by Crippen LogP contribution is -3.17. The molecule has 1 N–H and O–H groups in total. The lowest BCUT2D eigenvalue weighted by atomic mass is 10.2. The summed E-state index contributed by atoms with van der Waals surface area (Å²) in [4.78, 5) is 1.35. The van der Waals surface area contributed by atoms with Crippen LogP contribution in [0.25, 0.3) is 0 Å². The van der Waals surface area contributed by atoms with Gasteiger partial charge in [0, 0.05) is 19.4 Å².